The van der Waals surface area contributed by atoms with E-state index in [0.717, 1.165) is 0 Å². The van der Waals surface area contributed by atoms with Crippen LogP contribution in [-0.2, 0) is 29.5 Å². The first kappa shape index (κ1) is 26.6. The first-order valence-corrected chi connectivity index (χ1v) is 5.97. The van der Waals surface area contributed by atoms with Crippen LogP contribution in [0.25, 0.3) is 0 Å². The first-order valence-electron chi connectivity index (χ1n) is 2.10. The van der Waals surface area contributed by atoms with Crippen LogP contribution in [0.15, 0.2) is 0 Å². The van der Waals surface area contributed by atoms with Gasteiger partial charge < -0.3 is 23.8 Å². The Bertz CT molecular complexity index is 292. The smallest absolute Gasteiger partial charge is 0.724 e. The molecule has 0 unspecified atom stereocenters. The topological polar surface area (TPSA) is 194 Å². The average Bonchev–Trinajstić information content (AvgIpc) is 1.79. The molecule has 0 aromatic carbocycles. The molecule has 16 heavy (non-hydrogen) atoms. The summed E-state index contributed by atoms with van der Waals surface area (Å²) in [6.45, 7) is 0. The van der Waals surface area contributed by atoms with Crippen molar-refractivity contribution in [2.24, 2.45) is 0 Å². The van der Waals surface area contributed by atoms with Gasteiger partial charge in [-0.2, -0.15) is 0 Å². The Morgan fingerprint density at radius 1 is 0.812 bits per heavy atom. The molecule has 0 saturated carbocycles. The zero-order valence-corrected chi connectivity index (χ0v) is 14.4. The summed E-state index contributed by atoms with van der Waals surface area (Å²) in [5.74, 6) is 0. The number of hydrogen-bond acceptors (Lipinski definition) is 11. The van der Waals surface area contributed by atoms with Gasteiger partial charge in [0.15, 0.2) is 0 Å². The fourth-order valence-electron chi connectivity index (χ4n) is 0.0680. The normalized spacial score (nSPS) is 10.6. The van der Waals surface area contributed by atoms with Gasteiger partial charge in [0, 0.05) is 0 Å². The fourth-order valence-corrected chi connectivity index (χ4v) is 0.612. The van der Waals surface area contributed by atoms with Crippen LogP contribution in [0.5, 0.6) is 0 Å². The van der Waals surface area contributed by atoms with Crippen LogP contribution in [0.2, 0.25) is 0 Å². The summed E-state index contributed by atoms with van der Waals surface area (Å²) < 4.78 is 61.5. The van der Waals surface area contributed by atoms with E-state index in [2.05, 4.69) is 8.67 Å². The first-order chi connectivity index (χ1) is 5.94. The molecule has 0 radical (unpaired) electrons. The van der Waals surface area contributed by atoms with Crippen LogP contribution in [0.4, 0.5) is 0 Å². The van der Waals surface area contributed by atoms with Crippen LogP contribution >= 0.6 is 8.60 Å². The van der Waals surface area contributed by atoms with Gasteiger partial charge in [-0.1, -0.05) is 0 Å². The largest absolute Gasteiger partial charge is 1.00 e. The van der Waals surface area contributed by atoms with Gasteiger partial charge in [-0.3, -0.25) is 0 Å². The van der Waals surface area contributed by atoms with Crippen molar-refractivity contribution in [1.29, 1.82) is 0 Å². The van der Waals surface area contributed by atoms with Gasteiger partial charge in [-0.15, -0.1) is 8.67 Å². The molecule has 0 aromatic rings. The molecule has 0 heterocycles. The molecule has 0 aromatic heterocycles. The van der Waals surface area contributed by atoms with E-state index in [0.29, 0.717) is 0 Å². The van der Waals surface area contributed by atoms with Gasteiger partial charge in [-0.05, 0) is 0 Å². The Morgan fingerprint density at radius 2 is 0.938 bits per heavy atom. The molecule has 0 aliphatic heterocycles. The standard InChI is InChI=1S/2Na.H2O8S2.H3O3P/c;;1-9(2,3)7-8-10(4,5)6;1-4(2)3/h;;(H,1,2,3)(H,4,5,6);1-3H/q2*+1;;/p-2. The van der Waals surface area contributed by atoms with Crippen molar-refractivity contribution in [1.82, 2.24) is 0 Å². The van der Waals surface area contributed by atoms with E-state index in [4.69, 9.17) is 14.7 Å². The summed E-state index contributed by atoms with van der Waals surface area (Å²) >= 11 is 0. The SMILES string of the molecule is O=S(=O)([O-])OOS(=O)(=O)[O-].OP(O)O.[Na+].[Na+]. The predicted molar refractivity (Wildman–Crippen MR) is 35.1 cm³/mol. The van der Waals surface area contributed by atoms with E-state index in [9.17, 15) is 25.9 Å². The Balaban J connectivity index is -0.000000105. The van der Waals surface area contributed by atoms with E-state index in [1.807, 2.05) is 0 Å². The van der Waals surface area contributed by atoms with Crippen LogP contribution in [0, 0.1) is 0 Å². The van der Waals surface area contributed by atoms with Crippen LogP contribution in [0.3, 0.4) is 0 Å². The van der Waals surface area contributed by atoms with Crippen LogP contribution < -0.4 is 59.1 Å². The molecule has 88 valence electrons. The minimum absolute atomic E-state index is 0. The zero-order valence-electron chi connectivity index (χ0n) is 7.87. The van der Waals surface area contributed by atoms with E-state index >= 15 is 0 Å². The summed E-state index contributed by atoms with van der Waals surface area (Å²) in [4.78, 5) is 21.7. The molecule has 0 aliphatic rings. The van der Waals surface area contributed by atoms with E-state index in [-0.39, 0.29) is 59.1 Å². The van der Waals surface area contributed by atoms with Crippen LogP contribution in [-0.4, -0.2) is 40.6 Å². The summed E-state index contributed by atoms with van der Waals surface area (Å²) in [6, 6.07) is 0. The summed E-state index contributed by atoms with van der Waals surface area (Å²) in [7, 11) is -13.2. The molecule has 0 saturated heterocycles. The molecule has 0 bridgehead atoms. The second kappa shape index (κ2) is 12.1. The molecule has 0 aliphatic carbocycles. The monoisotopic (exact) mass is 320 g/mol. The molecular formula is H3Na2O11PS2. The molecule has 16 heteroatoms. The summed E-state index contributed by atoms with van der Waals surface area (Å²) in [5, 5.41) is 0. The maximum atomic E-state index is 9.37. The third kappa shape index (κ3) is 44.4. The van der Waals surface area contributed by atoms with Crippen LogP contribution in [0.1, 0.15) is 0 Å². The number of hydrogen-bond donors (Lipinski definition) is 3. The Kier molecular flexibility index (Phi) is 20.1. The number of rotatable bonds is 3. The van der Waals surface area contributed by atoms with Gasteiger partial charge in [-0.25, -0.2) is 16.8 Å². The predicted octanol–water partition coefficient (Wildman–Crippen LogP) is -8.95. The molecule has 11 nitrogen and oxygen atoms in total. The zero-order chi connectivity index (χ0) is 12.0. The van der Waals surface area contributed by atoms with Crippen molar-refractivity contribution in [3.63, 3.8) is 0 Å². The second-order valence-corrected chi connectivity index (χ2v) is 3.66. The third-order valence-corrected chi connectivity index (χ3v) is 0.750. The van der Waals surface area contributed by atoms with Gasteiger partial charge >= 0.3 is 67.7 Å². The maximum Gasteiger partial charge on any atom is 1.00 e. The van der Waals surface area contributed by atoms with Crippen molar-refractivity contribution in [3.8, 4) is 0 Å². The fraction of sp³-hybridized carbons (Fsp3) is 0. The molecular weight excluding hydrogens is 317 g/mol. The van der Waals surface area contributed by atoms with Crippen molar-refractivity contribution >= 4 is 29.4 Å². The average molecular weight is 320 g/mol. The van der Waals surface area contributed by atoms with Crippen molar-refractivity contribution in [2.75, 3.05) is 0 Å². The minimum atomic E-state index is -5.31. The quantitative estimate of drug-likeness (QED) is 0.112. The Labute approximate surface area is 136 Å². The van der Waals surface area contributed by atoms with Crippen molar-refractivity contribution in [3.05, 3.63) is 0 Å². The Morgan fingerprint density at radius 3 is 1.00 bits per heavy atom. The second-order valence-electron chi connectivity index (χ2n) is 1.22. The molecule has 0 spiro atoms. The third-order valence-electron chi connectivity index (χ3n) is 0.194. The van der Waals surface area contributed by atoms with Gasteiger partial charge in [0.25, 0.3) is 0 Å². The van der Waals surface area contributed by atoms with Crippen molar-refractivity contribution in [2.45, 2.75) is 0 Å². The molecule has 0 amide bonds. The van der Waals surface area contributed by atoms with Gasteiger partial charge in [0.1, 0.15) is 0 Å². The molecule has 0 fully saturated rings. The van der Waals surface area contributed by atoms with Crippen molar-refractivity contribution < 1.29 is 108 Å². The van der Waals surface area contributed by atoms with E-state index in [1.54, 1.807) is 0 Å². The summed E-state index contributed by atoms with van der Waals surface area (Å²) in [5.41, 5.74) is 0. The molecule has 0 atom stereocenters. The molecule has 0 rings (SSSR count). The van der Waals surface area contributed by atoms with E-state index < -0.39 is 29.4 Å². The Hall–Kier alpha value is 2.05. The van der Waals surface area contributed by atoms with E-state index in [1.165, 1.54) is 0 Å². The summed E-state index contributed by atoms with van der Waals surface area (Å²) in [6.07, 6.45) is 0. The minimum Gasteiger partial charge on any atom is -0.724 e. The van der Waals surface area contributed by atoms with Gasteiger partial charge in [0.05, 0.1) is 0 Å². The van der Waals surface area contributed by atoms with Gasteiger partial charge in [0.2, 0.25) is 20.8 Å². The maximum absolute atomic E-state index is 9.37. The molecule has 3 N–H and O–H groups in total.